The number of carbonyl (C=O) groups is 1. The summed E-state index contributed by atoms with van der Waals surface area (Å²) in [5.41, 5.74) is 0.926. The maximum absolute atomic E-state index is 11.8. The molecule has 1 amide bonds. The van der Waals surface area contributed by atoms with Gasteiger partial charge in [-0.2, -0.15) is 5.10 Å². The van der Waals surface area contributed by atoms with E-state index >= 15 is 0 Å². The summed E-state index contributed by atoms with van der Waals surface area (Å²) in [6.07, 6.45) is 4.69. The Morgan fingerprint density at radius 1 is 1.35 bits per heavy atom. The molecular weight excluding hydrogens is 407 g/mol. The molecule has 1 aromatic heterocycles. The number of guanidine groups is 1. The maximum Gasteiger partial charge on any atom is 0.242 e. The number of halogens is 1. The molecule has 0 aliphatic rings. The molecule has 1 rings (SSSR count). The van der Waals surface area contributed by atoms with Gasteiger partial charge in [0.25, 0.3) is 0 Å². The van der Waals surface area contributed by atoms with E-state index in [4.69, 9.17) is 0 Å². The largest absolute Gasteiger partial charge is 0.357 e. The van der Waals surface area contributed by atoms with Gasteiger partial charge in [0, 0.05) is 31.9 Å². The molecule has 1 aromatic rings. The topological polar surface area (TPSA) is 83.3 Å². The molecule has 0 saturated heterocycles. The Labute approximate surface area is 155 Å². The molecule has 3 N–H and O–H groups in total. The molecule has 0 unspecified atom stereocenters. The van der Waals surface area contributed by atoms with Crippen LogP contribution in [-0.4, -0.2) is 46.8 Å². The van der Waals surface area contributed by atoms with Gasteiger partial charge in [-0.05, 0) is 39.7 Å². The van der Waals surface area contributed by atoms with E-state index < -0.39 is 0 Å². The van der Waals surface area contributed by atoms with Crippen LogP contribution in [-0.2, 0) is 18.3 Å². The van der Waals surface area contributed by atoms with Crippen LogP contribution in [0.4, 0.5) is 0 Å². The zero-order valence-electron chi connectivity index (χ0n) is 14.6. The summed E-state index contributed by atoms with van der Waals surface area (Å²) in [7, 11) is 1.90. The zero-order chi connectivity index (χ0) is 16.6. The molecule has 0 aliphatic heterocycles. The number of nitrogens with zero attached hydrogens (tertiary/aromatic N) is 3. The van der Waals surface area contributed by atoms with E-state index in [0.29, 0.717) is 5.96 Å². The summed E-state index contributed by atoms with van der Waals surface area (Å²) in [6.45, 7) is 9.44. The second-order valence-corrected chi connectivity index (χ2v) is 6.19. The molecule has 0 aliphatic carbocycles. The average Bonchev–Trinajstić information content (AvgIpc) is 2.80. The third kappa shape index (κ3) is 10.1. The van der Waals surface area contributed by atoms with Crippen molar-refractivity contribution < 1.29 is 4.79 Å². The molecule has 0 saturated carbocycles. The Balaban J connectivity index is 0.00000484. The fraction of sp³-hybridized carbons (Fsp3) is 0.667. The van der Waals surface area contributed by atoms with Crippen molar-refractivity contribution in [1.82, 2.24) is 25.7 Å². The molecule has 1 heterocycles. The average molecular weight is 436 g/mol. The Hall–Kier alpha value is -1.32. The molecule has 0 fully saturated rings. The lowest BCUT2D eigenvalue weighted by Gasteiger charge is -2.20. The molecular formula is C15H29IN6O. The summed E-state index contributed by atoms with van der Waals surface area (Å²) in [4.78, 5) is 16.1. The van der Waals surface area contributed by atoms with Crippen molar-refractivity contribution in [2.24, 2.45) is 12.0 Å². The summed E-state index contributed by atoms with van der Waals surface area (Å²) in [5, 5.41) is 13.4. The summed E-state index contributed by atoms with van der Waals surface area (Å²) >= 11 is 0. The highest BCUT2D eigenvalue weighted by Gasteiger charge is 2.13. The molecule has 8 heteroatoms. The highest BCUT2D eigenvalue weighted by atomic mass is 127. The van der Waals surface area contributed by atoms with Crippen LogP contribution >= 0.6 is 24.0 Å². The smallest absolute Gasteiger partial charge is 0.242 e. The fourth-order valence-electron chi connectivity index (χ4n) is 1.88. The highest BCUT2D eigenvalue weighted by molar-refractivity contribution is 14.0. The van der Waals surface area contributed by atoms with Crippen LogP contribution in [0.1, 0.15) is 33.3 Å². The molecule has 0 bridgehead atoms. The van der Waals surface area contributed by atoms with E-state index in [-0.39, 0.29) is 42.0 Å². The highest BCUT2D eigenvalue weighted by Crippen LogP contribution is 1.98. The van der Waals surface area contributed by atoms with Gasteiger partial charge in [-0.15, -0.1) is 24.0 Å². The first-order chi connectivity index (χ1) is 10.3. The normalized spacial score (nSPS) is 11.6. The molecule has 7 nitrogen and oxygen atoms in total. The second-order valence-electron chi connectivity index (χ2n) is 6.19. The quantitative estimate of drug-likeness (QED) is 0.354. The van der Waals surface area contributed by atoms with Crippen LogP contribution in [0.25, 0.3) is 0 Å². The predicted octanol–water partition coefficient (Wildman–Crippen LogP) is 1.05. The first kappa shape index (κ1) is 21.7. The molecule has 23 heavy (non-hydrogen) atoms. The summed E-state index contributed by atoms with van der Waals surface area (Å²) in [5.74, 6) is 0.562. The molecule has 0 radical (unpaired) electrons. The standard InChI is InChI=1S/C15H28N6O.HI/c1-6-16-14(18-10-13(22)20-15(2,3)4)17-8-7-12-9-19-21(5)11-12;/h9,11H,6-8,10H2,1-5H3,(H,20,22)(H2,16,17,18);1H. The van der Waals surface area contributed by atoms with Crippen molar-refractivity contribution in [2.45, 2.75) is 39.7 Å². The minimum Gasteiger partial charge on any atom is -0.357 e. The number of amides is 1. The van der Waals surface area contributed by atoms with Gasteiger partial charge in [-0.1, -0.05) is 0 Å². The Kier molecular flexibility index (Phi) is 9.85. The van der Waals surface area contributed by atoms with Gasteiger partial charge in [0.1, 0.15) is 6.54 Å². The monoisotopic (exact) mass is 436 g/mol. The van der Waals surface area contributed by atoms with Gasteiger partial charge in [0.05, 0.1) is 6.20 Å². The van der Waals surface area contributed by atoms with E-state index in [1.165, 1.54) is 0 Å². The molecule has 0 atom stereocenters. The van der Waals surface area contributed by atoms with Gasteiger partial charge in [-0.25, -0.2) is 4.99 Å². The van der Waals surface area contributed by atoms with Gasteiger partial charge in [-0.3, -0.25) is 9.48 Å². The van der Waals surface area contributed by atoms with Crippen LogP contribution < -0.4 is 16.0 Å². The summed E-state index contributed by atoms with van der Waals surface area (Å²) < 4.78 is 1.78. The van der Waals surface area contributed by atoms with Crippen molar-refractivity contribution in [1.29, 1.82) is 0 Å². The number of hydrogen-bond acceptors (Lipinski definition) is 3. The number of aryl methyl sites for hydroxylation is 1. The van der Waals surface area contributed by atoms with Crippen LogP contribution in [0.3, 0.4) is 0 Å². The van der Waals surface area contributed by atoms with E-state index in [1.807, 2.05) is 47.1 Å². The Bertz CT molecular complexity index is 506. The predicted molar refractivity (Wildman–Crippen MR) is 104 cm³/mol. The maximum atomic E-state index is 11.8. The van der Waals surface area contributed by atoms with Gasteiger partial charge >= 0.3 is 0 Å². The SMILES string of the molecule is CCNC(=NCC(=O)NC(C)(C)C)NCCc1cnn(C)c1.I. The third-order valence-corrected chi connectivity index (χ3v) is 2.70. The first-order valence-electron chi connectivity index (χ1n) is 7.61. The van der Waals surface area contributed by atoms with Crippen LogP contribution in [0, 0.1) is 0 Å². The van der Waals surface area contributed by atoms with Gasteiger partial charge in [0.15, 0.2) is 5.96 Å². The molecule has 0 aromatic carbocycles. The fourth-order valence-corrected chi connectivity index (χ4v) is 1.88. The van der Waals surface area contributed by atoms with Crippen molar-refractivity contribution in [3.05, 3.63) is 18.0 Å². The van der Waals surface area contributed by atoms with Crippen molar-refractivity contribution >= 4 is 35.8 Å². The van der Waals surface area contributed by atoms with Crippen molar-refractivity contribution in [3.8, 4) is 0 Å². The van der Waals surface area contributed by atoms with Gasteiger partial charge in [0.2, 0.25) is 5.91 Å². The Morgan fingerprint density at radius 3 is 2.57 bits per heavy atom. The van der Waals surface area contributed by atoms with Gasteiger partial charge < -0.3 is 16.0 Å². The van der Waals surface area contributed by atoms with E-state index in [1.54, 1.807) is 4.68 Å². The zero-order valence-corrected chi connectivity index (χ0v) is 17.0. The number of aliphatic imine (C=N–C) groups is 1. The number of nitrogens with one attached hydrogen (secondary N) is 3. The van der Waals surface area contributed by atoms with Crippen molar-refractivity contribution in [2.75, 3.05) is 19.6 Å². The minimum atomic E-state index is -0.237. The third-order valence-electron chi connectivity index (χ3n) is 2.70. The number of carbonyl (C=O) groups excluding carboxylic acids is 1. The minimum absolute atomic E-state index is 0. The second kappa shape index (κ2) is 10.5. The Morgan fingerprint density at radius 2 is 2.04 bits per heavy atom. The lowest BCUT2D eigenvalue weighted by molar-refractivity contribution is -0.121. The lowest BCUT2D eigenvalue weighted by Crippen LogP contribution is -2.43. The number of rotatable bonds is 6. The van der Waals surface area contributed by atoms with Crippen LogP contribution in [0.15, 0.2) is 17.4 Å². The van der Waals surface area contributed by atoms with Crippen LogP contribution in [0.2, 0.25) is 0 Å². The summed E-state index contributed by atoms with van der Waals surface area (Å²) in [6, 6.07) is 0. The number of hydrogen-bond donors (Lipinski definition) is 3. The number of aromatic nitrogens is 2. The molecule has 132 valence electrons. The van der Waals surface area contributed by atoms with Crippen molar-refractivity contribution in [3.63, 3.8) is 0 Å². The first-order valence-corrected chi connectivity index (χ1v) is 7.61. The van der Waals surface area contributed by atoms with E-state index in [9.17, 15) is 4.79 Å². The van der Waals surface area contributed by atoms with E-state index in [0.717, 1.165) is 25.1 Å². The van der Waals surface area contributed by atoms with E-state index in [2.05, 4.69) is 26.0 Å². The van der Waals surface area contributed by atoms with Crippen LogP contribution in [0.5, 0.6) is 0 Å². The lowest BCUT2D eigenvalue weighted by atomic mass is 10.1. The molecule has 0 spiro atoms.